The normalized spacial score (nSPS) is 15.5. The lowest BCUT2D eigenvalue weighted by Gasteiger charge is -2.07. The molecule has 0 radical (unpaired) electrons. The predicted octanol–water partition coefficient (Wildman–Crippen LogP) is 3.32. The van der Waals surface area contributed by atoms with Gasteiger partial charge in [0.1, 0.15) is 17.4 Å². The van der Waals surface area contributed by atoms with Gasteiger partial charge in [-0.3, -0.25) is 4.98 Å². The van der Waals surface area contributed by atoms with Gasteiger partial charge in [0.05, 0.1) is 23.6 Å². The number of thiazole rings is 1. The average Bonchev–Trinajstić information content (AvgIpc) is 3.24. The summed E-state index contributed by atoms with van der Waals surface area (Å²) in [7, 11) is 0. The first kappa shape index (κ1) is 13.6. The average molecular weight is 314 g/mol. The van der Waals surface area contributed by atoms with Crippen molar-refractivity contribution < 1.29 is 14.2 Å². The Balaban J connectivity index is 1.50. The summed E-state index contributed by atoms with van der Waals surface area (Å²) < 4.78 is 16.8. The minimum absolute atomic E-state index is 0.319. The van der Waals surface area contributed by atoms with E-state index in [1.807, 2.05) is 36.5 Å². The van der Waals surface area contributed by atoms with E-state index in [1.54, 1.807) is 17.5 Å². The first-order chi connectivity index (χ1) is 10.9. The van der Waals surface area contributed by atoms with Crippen molar-refractivity contribution in [2.45, 2.75) is 12.9 Å². The molecule has 0 amide bonds. The zero-order valence-corrected chi connectivity index (χ0v) is 12.6. The van der Waals surface area contributed by atoms with Gasteiger partial charge in [0, 0.05) is 17.8 Å². The predicted molar refractivity (Wildman–Crippen MR) is 82.8 cm³/mol. The van der Waals surface area contributed by atoms with Gasteiger partial charge in [-0.25, -0.2) is 4.98 Å². The van der Waals surface area contributed by atoms with Gasteiger partial charge in [0.15, 0.2) is 0 Å². The Kier molecular flexibility index (Phi) is 3.72. The molecule has 0 spiro atoms. The van der Waals surface area contributed by atoms with Crippen LogP contribution in [0.15, 0.2) is 42.7 Å². The highest BCUT2D eigenvalue weighted by atomic mass is 32.1. The van der Waals surface area contributed by atoms with Gasteiger partial charge in [-0.1, -0.05) is 6.07 Å². The van der Waals surface area contributed by atoms with Crippen molar-refractivity contribution in [1.29, 1.82) is 0 Å². The number of benzene rings is 1. The van der Waals surface area contributed by atoms with Crippen LogP contribution in [-0.4, -0.2) is 23.2 Å². The molecule has 1 aliphatic rings. The number of nitrogens with zero attached hydrogens (tertiary/aromatic N) is 2. The summed E-state index contributed by atoms with van der Waals surface area (Å²) >= 11 is 1.55. The third kappa shape index (κ3) is 2.68. The Morgan fingerprint density at radius 1 is 1.14 bits per heavy atom. The molecule has 2 aromatic heterocycles. The molecule has 0 saturated carbocycles. The van der Waals surface area contributed by atoms with E-state index in [-0.39, 0.29) is 6.29 Å². The Morgan fingerprint density at radius 3 is 2.95 bits per heavy atom. The van der Waals surface area contributed by atoms with Gasteiger partial charge in [-0.15, -0.1) is 11.3 Å². The molecule has 1 saturated heterocycles. The number of ether oxygens (including phenoxy) is 3. The first-order valence-corrected chi connectivity index (χ1v) is 7.86. The molecule has 6 heteroatoms. The molecule has 5 nitrogen and oxygen atoms in total. The van der Waals surface area contributed by atoms with Gasteiger partial charge < -0.3 is 14.2 Å². The van der Waals surface area contributed by atoms with Gasteiger partial charge in [0.2, 0.25) is 6.29 Å². The van der Waals surface area contributed by atoms with E-state index in [9.17, 15) is 0 Å². The second-order valence-corrected chi connectivity index (χ2v) is 6.00. The second-order valence-electron chi connectivity index (χ2n) is 4.85. The first-order valence-electron chi connectivity index (χ1n) is 7.04. The summed E-state index contributed by atoms with van der Waals surface area (Å²) in [5.41, 5.74) is 0.928. The van der Waals surface area contributed by atoms with Crippen molar-refractivity contribution in [2.24, 2.45) is 0 Å². The summed E-state index contributed by atoms with van der Waals surface area (Å²) in [6.45, 7) is 1.72. The monoisotopic (exact) mass is 314 g/mol. The zero-order chi connectivity index (χ0) is 14.8. The van der Waals surface area contributed by atoms with Crippen LogP contribution in [-0.2, 0) is 16.1 Å². The molecule has 4 rings (SSSR count). The van der Waals surface area contributed by atoms with Crippen LogP contribution in [0.5, 0.6) is 5.75 Å². The zero-order valence-electron chi connectivity index (χ0n) is 11.8. The summed E-state index contributed by atoms with van der Waals surface area (Å²) in [6.07, 6.45) is 3.28. The molecule has 0 aliphatic carbocycles. The largest absolute Gasteiger partial charge is 0.487 e. The Bertz CT molecular complexity index is 778. The smallest absolute Gasteiger partial charge is 0.211 e. The fourth-order valence-electron chi connectivity index (χ4n) is 2.35. The summed E-state index contributed by atoms with van der Waals surface area (Å²) in [5.74, 6) is 0.828. The minimum atomic E-state index is -0.319. The van der Waals surface area contributed by atoms with Crippen molar-refractivity contribution in [2.75, 3.05) is 13.2 Å². The van der Waals surface area contributed by atoms with Gasteiger partial charge in [0.25, 0.3) is 0 Å². The van der Waals surface area contributed by atoms with Crippen LogP contribution >= 0.6 is 11.3 Å². The Morgan fingerprint density at radius 2 is 2.05 bits per heavy atom. The fourth-order valence-corrected chi connectivity index (χ4v) is 3.18. The minimum Gasteiger partial charge on any atom is -0.487 e. The third-order valence-corrected chi connectivity index (χ3v) is 4.36. The van der Waals surface area contributed by atoms with E-state index in [4.69, 9.17) is 14.2 Å². The topological polar surface area (TPSA) is 53.5 Å². The summed E-state index contributed by atoms with van der Waals surface area (Å²) in [6, 6.07) is 9.80. The molecule has 1 aliphatic heterocycles. The van der Waals surface area contributed by atoms with Crippen LogP contribution in [0, 0.1) is 0 Å². The van der Waals surface area contributed by atoms with Crippen LogP contribution in [0.1, 0.15) is 16.2 Å². The van der Waals surface area contributed by atoms with Crippen LogP contribution in [0.4, 0.5) is 0 Å². The lowest BCUT2D eigenvalue weighted by Crippen LogP contribution is -1.96. The maximum Gasteiger partial charge on any atom is 0.211 e. The molecule has 0 atom stereocenters. The molecule has 0 bridgehead atoms. The highest BCUT2D eigenvalue weighted by Gasteiger charge is 2.21. The Hall–Kier alpha value is -2.02. The maximum absolute atomic E-state index is 5.93. The lowest BCUT2D eigenvalue weighted by molar-refractivity contribution is -0.0442. The molecular weight excluding hydrogens is 300 g/mol. The highest BCUT2D eigenvalue weighted by molar-refractivity contribution is 7.11. The molecular formula is C16H14N2O3S. The molecule has 0 unspecified atom stereocenters. The number of hydrogen-bond acceptors (Lipinski definition) is 6. The van der Waals surface area contributed by atoms with E-state index in [2.05, 4.69) is 9.97 Å². The second kappa shape index (κ2) is 6.00. The van der Waals surface area contributed by atoms with E-state index in [0.29, 0.717) is 19.8 Å². The standard InChI is InChI=1S/C16H14N2O3S/c1-4-13-12(3-2-6-17-13)14(5-1)21-10-11-9-18-15(22-11)16-19-7-8-20-16/h1-6,9,16H,7-8,10H2. The third-order valence-electron chi connectivity index (χ3n) is 3.37. The van der Waals surface area contributed by atoms with Gasteiger partial charge in [-0.2, -0.15) is 0 Å². The molecule has 112 valence electrons. The summed E-state index contributed by atoms with van der Waals surface area (Å²) in [5, 5.41) is 1.85. The number of rotatable bonds is 4. The van der Waals surface area contributed by atoms with Crippen LogP contribution in [0.25, 0.3) is 10.9 Å². The highest BCUT2D eigenvalue weighted by Crippen LogP contribution is 2.29. The summed E-state index contributed by atoms with van der Waals surface area (Å²) in [4.78, 5) is 9.72. The van der Waals surface area contributed by atoms with Crippen LogP contribution in [0.2, 0.25) is 0 Å². The van der Waals surface area contributed by atoms with Gasteiger partial charge in [-0.05, 0) is 24.3 Å². The fraction of sp³-hybridized carbons (Fsp3) is 0.250. The SMILES string of the molecule is c1cc(OCc2cnc(C3OCCO3)s2)c2cccnc2c1. The molecule has 3 heterocycles. The van der Waals surface area contributed by atoms with Gasteiger partial charge >= 0.3 is 0 Å². The molecule has 1 fully saturated rings. The lowest BCUT2D eigenvalue weighted by atomic mass is 10.2. The quantitative estimate of drug-likeness (QED) is 0.739. The van der Waals surface area contributed by atoms with Crippen LogP contribution < -0.4 is 4.74 Å². The van der Waals surface area contributed by atoms with Crippen molar-refractivity contribution >= 4 is 22.2 Å². The van der Waals surface area contributed by atoms with Crippen molar-refractivity contribution in [3.63, 3.8) is 0 Å². The van der Waals surface area contributed by atoms with Crippen molar-refractivity contribution in [1.82, 2.24) is 9.97 Å². The van der Waals surface area contributed by atoms with E-state index >= 15 is 0 Å². The number of aromatic nitrogens is 2. The van der Waals surface area contributed by atoms with E-state index < -0.39 is 0 Å². The van der Waals surface area contributed by atoms with E-state index in [0.717, 1.165) is 26.5 Å². The molecule has 3 aromatic rings. The number of hydrogen-bond donors (Lipinski definition) is 0. The Labute approximate surface area is 131 Å². The van der Waals surface area contributed by atoms with E-state index in [1.165, 1.54) is 0 Å². The van der Waals surface area contributed by atoms with Crippen molar-refractivity contribution in [3.8, 4) is 5.75 Å². The van der Waals surface area contributed by atoms with Crippen LogP contribution in [0.3, 0.4) is 0 Å². The molecule has 1 aromatic carbocycles. The molecule has 22 heavy (non-hydrogen) atoms. The number of pyridine rings is 1. The molecule has 0 N–H and O–H groups in total. The maximum atomic E-state index is 5.93. The number of fused-ring (bicyclic) bond motifs is 1. The van der Waals surface area contributed by atoms with Crippen molar-refractivity contribution in [3.05, 3.63) is 52.6 Å².